The molecule has 2 aromatic carbocycles. The molecule has 0 radical (unpaired) electrons. The van der Waals surface area contributed by atoms with E-state index in [9.17, 15) is 0 Å². The Morgan fingerprint density at radius 3 is 2.07 bits per heavy atom. The molecule has 0 bridgehead atoms. The van der Waals surface area contributed by atoms with Crippen LogP contribution in [0.3, 0.4) is 0 Å². The fourth-order valence-corrected chi connectivity index (χ4v) is 3.39. The zero-order valence-electron chi connectivity index (χ0n) is 17.2. The molecule has 5 heteroatoms. The van der Waals surface area contributed by atoms with Crippen LogP contribution in [0.25, 0.3) is 0 Å². The van der Waals surface area contributed by atoms with Crippen molar-refractivity contribution in [2.75, 3.05) is 21.3 Å². The van der Waals surface area contributed by atoms with Crippen LogP contribution in [0.4, 0.5) is 0 Å². The number of hydrogen-bond donors (Lipinski definition) is 0. The summed E-state index contributed by atoms with van der Waals surface area (Å²) in [6.07, 6.45) is 5.75. The lowest BCUT2D eigenvalue weighted by Crippen LogP contribution is -2.12. The van der Waals surface area contributed by atoms with E-state index >= 15 is 0 Å². The maximum Gasteiger partial charge on any atom is 0.167 e. The number of hydrogen-bond acceptors (Lipinski definition) is 5. The zero-order chi connectivity index (χ0) is 20.1. The van der Waals surface area contributed by atoms with E-state index in [0.717, 1.165) is 40.4 Å². The third-order valence-electron chi connectivity index (χ3n) is 4.69. The molecule has 0 atom stereocenters. The van der Waals surface area contributed by atoms with E-state index in [1.54, 1.807) is 21.3 Å². The van der Waals surface area contributed by atoms with E-state index in [0.29, 0.717) is 24.5 Å². The first-order valence-corrected chi connectivity index (χ1v) is 9.46. The SMILES string of the molecule is COc1ccc2c(c1OC(C)C)C/C=C/Cc1c(ccc(OC)c1OC)OC2. The van der Waals surface area contributed by atoms with E-state index in [2.05, 4.69) is 12.2 Å². The van der Waals surface area contributed by atoms with Crippen molar-refractivity contribution < 1.29 is 23.7 Å². The Kier molecular flexibility index (Phi) is 6.34. The monoisotopic (exact) mass is 384 g/mol. The molecule has 0 aliphatic carbocycles. The molecule has 0 saturated heterocycles. The summed E-state index contributed by atoms with van der Waals surface area (Å²) in [5.41, 5.74) is 3.14. The highest BCUT2D eigenvalue weighted by Crippen LogP contribution is 2.40. The van der Waals surface area contributed by atoms with Crippen LogP contribution in [-0.4, -0.2) is 27.4 Å². The lowest BCUT2D eigenvalue weighted by Gasteiger charge is -2.22. The lowest BCUT2D eigenvalue weighted by molar-refractivity contribution is 0.226. The van der Waals surface area contributed by atoms with E-state index in [-0.39, 0.29) is 6.10 Å². The molecule has 3 rings (SSSR count). The molecule has 1 aliphatic rings. The van der Waals surface area contributed by atoms with Crippen LogP contribution >= 0.6 is 0 Å². The van der Waals surface area contributed by atoms with Crippen molar-refractivity contribution in [3.63, 3.8) is 0 Å². The van der Waals surface area contributed by atoms with Crippen molar-refractivity contribution in [1.82, 2.24) is 0 Å². The first kappa shape index (κ1) is 19.9. The molecule has 1 heterocycles. The lowest BCUT2D eigenvalue weighted by atomic mass is 10.0. The number of methoxy groups -OCH3 is 3. The molecule has 0 saturated carbocycles. The van der Waals surface area contributed by atoms with Gasteiger partial charge in [0, 0.05) is 11.1 Å². The summed E-state index contributed by atoms with van der Waals surface area (Å²) in [7, 11) is 4.95. The second-order valence-electron chi connectivity index (χ2n) is 6.85. The van der Waals surface area contributed by atoms with Gasteiger partial charge in [-0.3, -0.25) is 0 Å². The minimum atomic E-state index is 0.0538. The number of fused-ring (bicyclic) bond motifs is 2. The van der Waals surface area contributed by atoms with Gasteiger partial charge in [0.25, 0.3) is 0 Å². The predicted molar refractivity (Wildman–Crippen MR) is 109 cm³/mol. The van der Waals surface area contributed by atoms with Gasteiger partial charge >= 0.3 is 0 Å². The first-order valence-electron chi connectivity index (χ1n) is 9.46. The maximum atomic E-state index is 6.20. The molecule has 1 aliphatic heterocycles. The van der Waals surface area contributed by atoms with Gasteiger partial charge in [-0.2, -0.15) is 0 Å². The van der Waals surface area contributed by atoms with Gasteiger partial charge in [-0.05, 0) is 50.5 Å². The Balaban J connectivity index is 2.04. The van der Waals surface area contributed by atoms with Gasteiger partial charge < -0.3 is 23.7 Å². The van der Waals surface area contributed by atoms with E-state index in [1.807, 2.05) is 38.1 Å². The summed E-state index contributed by atoms with van der Waals surface area (Å²) >= 11 is 0. The molecule has 0 spiro atoms. The molecular formula is C23H28O5. The highest BCUT2D eigenvalue weighted by molar-refractivity contribution is 5.56. The molecule has 28 heavy (non-hydrogen) atoms. The second-order valence-corrected chi connectivity index (χ2v) is 6.85. The van der Waals surface area contributed by atoms with Gasteiger partial charge in [-0.15, -0.1) is 0 Å². The van der Waals surface area contributed by atoms with Gasteiger partial charge in [-0.1, -0.05) is 18.2 Å². The fourth-order valence-electron chi connectivity index (χ4n) is 3.39. The summed E-state index contributed by atoms with van der Waals surface area (Å²) in [6.45, 7) is 4.46. The van der Waals surface area contributed by atoms with Crippen LogP contribution in [-0.2, 0) is 19.4 Å². The highest BCUT2D eigenvalue weighted by Gasteiger charge is 2.20. The first-order chi connectivity index (χ1) is 13.6. The summed E-state index contributed by atoms with van der Waals surface area (Å²) < 4.78 is 28.8. The maximum absolute atomic E-state index is 6.20. The third kappa shape index (κ3) is 4.03. The minimum Gasteiger partial charge on any atom is -0.493 e. The average Bonchev–Trinajstić information content (AvgIpc) is 2.70. The molecule has 0 fully saturated rings. The summed E-state index contributed by atoms with van der Waals surface area (Å²) in [5.74, 6) is 3.73. The Morgan fingerprint density at radius 2 is 1.43 bits per heavy atom. The van der Waals surface area contributed by atoms with Crippen molar-refractivity contribution >= 4 is 0 Å². The second kappa shape index (κ2) is 8.91. The third-order valence-corrected chi connectivity index (χ3v) is 4.69. The fraction of sp³-hybridized carbons (Fsp3) is 0.391. The Morgan fingerprint density at radius 1 is 0.786 bits per heavy atom. The van der Waals surface area contributed by atoms with Crippen molar-refractivity contribution in [1.29, 1.82) is 0 Å². The molecule has 5 nitrogen and oxygen atoms in total. The predicted octanol–water partition coefficient (Wildman–Crippen LogP) is 4.73. The molecule has 150 valence electrons. The van der Waals surface area contributed by atoms with Crippen LogP contribution in [0.5, 0.6) is 28.7 Å². The van der Waals surface area contributed by atoms with Gasteiger partial charge in [0.05, 0.1) is 27.4 Å². The van der Waals surface area contributed by atoms with E-state index in [4.69, 9.17) is 23.7 Å². The molecular weight excluding hydrogens is 356 g/mol. The van der Waals surface area contributed by atoms with Gasteiger partial charge in [0.15, 0.2) is 23.0 Å². The molecule has 0 amide bonds. The van der Waals surface area contributed by atoms with Crippen LogP contribution in [0.1, 0.15) is 30.5 Å². The minimum absolute atomic E-state index is 0.0538. The van der Waals surface area contributed by atoms with Crippen molar-refractivity contribution in [2.45, 2.75) is 39.4 Å². The van der Waals surface area contributed by atoms with Crippen molar-refractivity contribution in [3.8, 4) is 28.7 Å². The smallest absolute Gasteiger partial charge is 0.167 e. The number of rotatable bonds is 5. The van der Waals surface area contributed by atoms with Gasteiger partial charge in [0.1, 0.15) is 12.4 Å². The zero-order valence-corrected chi connectivity index (χ0v) is 17.2. The van der Waals surface area contributed by atoms with E-state index < -0.39 is 0 Å². The topological polar surface area (TPSA) is 46.2 Å². The van der Waals surface area contributed by atoms with Gasteiger partial charge in [0.2, 0.25) is 0 Å². The van der Waals surface area contributed by atoms with Gasteiger partial charge in [-0.25, -0.2) is 0 Å². The molecule has 0 unspecified atom stereocenters. The number of allylic oxidation sites excluding steroid dienone is 2. The summed E-state index contributed by atoms with van der Waals surface area (Å²) in [5, 5.41) is 0. The van der Waals surface area contributed by atoms with Crippen molar-refractivity contribution in [2.24, 2.45) is 0 Å². The Bertz CT molecular complexity index is 855. The molecule has 0 N–H and O–H groups in total. The Hall–Kier alpha value is -2.82. The van der Waals surface area contributed by atoms with Crippen LogP contribution in [0.15, 0.2) is 36.4 Å². The van der Waals surface area contributed by atoms with Crippen molar-refractivity contribution in [3.05, 3.63) is 53.1 Å². The quantitative estimate of drug-likeness (QED) is 0.697. The molecule has 2 aromatic rings. The number of benzene rings is 2. The van der Waals surface area contributed by atoms with Crippen LogP contribution in [0.2, 0.25) is 0 Å². The average molecular weight is 384 g/mol. The number of ether oxygens (including phenoxy) is 5. The normalized spacial score (nSPS) is 14.4. The summed E-state index contributed by atoms with van der Waals surface area (Å²) in [4.78, 5) is 0. The Labute approximate surface area is 166 Å². The summed E-state index contributed by atoms with van der Waals surface area (Å²) in [6, 6.07) is 7.78. The molecule has 0 aromatic heterocycles. The van der Waals surface area contributed by atoms with Crippen LogP contribution < -0.4 is 23.7 Å². The largest absolute Gasteiger partial charge is 0.493 e. The standard InChI is InChI=1S/C23H28O5/c1-15(2)28-23-17-8-6-7-9-18-19(12-13-20(24-3)22(18)26-5)27-14-16(17)10-11-21(23)25-4/h6-7,10-13,15H,8-9,14H2,1-5H3/b7-6+. The highest BCUT2D eigenvalue weighted by atomic mass is 16.5. The van der Waals surface area contributed by atoms with E-state index in [1.165, 1.54) is 0 Å². The van der Waals surface area contributed by atoms with Crippen LogP contribution in [0, 0.1) is 0 Å².